The van der Waals surface area contributed by atoms with Crippen LogP contribution in [0.3, 0.4) is 0 Å². The van der Waals surface area contributed by atoms with Gasteiger partial charge in [-0.05, 0) is 37.1 Å². The van der Waals surface area contributed by atoms with Crippen LogP contribution >= 0.6 is 11.6 Å². The summed E-state index contributed by atoms with van der Waals surface area (Å²) in [7, 11) is 0. The Morgan fingerprint density at radius 3 is 2.87 bits per heavy atom. The molecule has 0 spiro atoms. The van der Waals surface area contributed by atoms with Crippen LogP contribution in [0.4, 0.5) is 10.1 Å². The fraction of sp³-hybridized carbons (Fsp3) is 0.294. The van der Waals surface area contributed by atoms with Crippen LogP contribution in [0.5, 0.6) is 0 Å². The first-order valence-corrected chi connectivity index (χ1v) is 7.72. The zero-order valence-corrected chi connectivity index (χ0v) is 14.1. The third kappa shape index (κ3) is 4.66. The lowest BCUT2D eigenvalue weighted by Gasteiger charge is -2.05. The van der Waals surface area contributed by atoms with Gasteiger partial charge >= 0.3 is 0 Å². The van der Waals surface area contributed by atoms with E-state index >= 15 is 0 Å². The lowest BCUT2D eigenvalue weighted by molar-refractivity contribution is -0.111. The molecule has 1 N–H and O–H groups in total. The molecule has 0 saturated heterocycles. The number of carbonyl (C=O) groups excluding carboxylic acids is 1. The molecule has 0 aliphatic rings. The van der Waals surface area contributed by atoms with Crippen molar-refractivity contribution in [3.05, 3.63) is 52.6 Å². The molecule has 0 aliphatic heterocycles. The molecule has 0 saturated carbocycles. The lowest BCUT2D eigenvalue weighted by atomic mass is 10.2. The monoisotopic (exact) mass is 335 g/mol. The van der Waals surface area contributed by atoms with Gasteiger partial charge in [0, 0.05) is 23.9 Å². The number of aryl methyl sites for hydroxylation is 1. The molecular formula is C17H19ClFN3O. The Bertz CT molecular complexity index is 737. The summed E-state index contributed by atoms with van der Waals surface area (Å²) in [5.74, 6) is -0.344. The molecule has 1 aromatic heterocycles. The van der Waals surface area contributed by atoms with Gasteiger partial charge in [0.2, 0.25) is 5.91 Å². The first-order chi connectivity index (χ1) is 10.9. The predicted molar refractivity (Wildman–Crippen MR) is 90.9 cm³/mol. The maximum absolute atomic E-state index is 13.1. The molecule has 2 aromatic rings. The van der Waals surface area contributed by atoms with Crippen LogP contribution in [0.25, 0.3) is 6.08 Å². The van der Waals surface area contributed by atoms with Crippen LogP contribution in [-0.4, -0.2) is 15.7 Å². The summed E-state index contributed by atoms with van der Waals surface area (Å²) in [6, 6.07) is 5.72. The van der Waals surface area contributed by atoms with Crippen molar-refractivity contribution in [2.45, 2.75) is 27.3 Å². The van der Waals surface area contributed by atoms with Crippen molar-refractivity contribution in [3.63, 3.8) is 0 Å². The maximum Gasteiger partial charge on any atom is 0.248 e. The zero-order valence-electron chi connectivity index (χ0n) is 13.3. The van der Waals surface area contributed by atoms with Gasteiger partial charge in [-0.3, -0.25) is 9.48 Å². The smallest absolute Gasteiger partial charge is 0.248 e. The quantitative estimate of drug-likeness (QED) is 0.828. The van der Waals surface area contributed by atoms with Crippen LogP contribution < -0.4 is 5.32 Å². The van der Waals surface area contributed by atoms with Crippen molar-refractivity contribution in [1.29, 1.82) is 0 Å². The van der Waals surface area contributed by atoms with E-state index in [4.69, 9.17) is 11.6 Å². The molecule has 0 unspecified atom stereocenters. The third-order valence-electron chi connectivity index (χ3n) is 3.14. The number of halogens is 2. The lowest BCUT2D eigenvalue weighted by Crippen LogP contribution is -2.07. The minimum atomic E-state index is -0.402. The number of amides is 1. The fourth-order valence-electron chi connectivity index (χ4n) is 2.13. The number of nitrogens with zero attached hydrogens (tertiary/aromatic N) is 2. The fourth-order valence-corrected chi connectivity index (χ4v) is 2.44. The SMILES string of the molecule is Cc1nn(CC(C)C)c(Cl)c1/C=C/C(=O)Nc1cccc(F)c1. The highest BCUT2D eigenvalue weighted by molar-refractivity contribution is 6.31. The van der Waals surface area contributed by atoms with Gasteiger partial charge in [0.05, 0.1) is 5.69 Å². The summed E-state index contributed by atoms with van der Waals surface area (Å²) in [4.78, 5) is 11.9. The average molecular weight is 336 g/mol. The predicted octanol–water partition coefficient (Wildman–Crippen LogP) is 4.29. The normalized spacial score (nSPS) is 11.4. The molecule has 0 aliphatic carbocycles. The summed E-state index contributed by atoms with van der Waals surface area (Å²) < 4.78 is 14.8. The van der Waals surface area contributed by atoms with Gasteiger partial charge in [-0.2, -0.15) is 5.10 Å². The molecule has 1 amide bonds. The molecule has 0 bridgehead atoms. The van der Waals surface area contributed by atoms with Crippen LogP contribution in [-0.2, 0) is 11.3 Å². The summed E-state index contributed by atoms with van der Waals surface area (Å²) >= 11 is 6.31. The molecule has 0 radical (unpaired) electrons. The summed E-state index contributed by atoms with van der Waals surface area (Å²) in [6.45, 7) is 6.71. The average Bonchev–Trinajstić information content (AvgIpc) is 2.70. The highest BCUT2D eigenvalue weighted by atomic mass is 35.5. The van der Waals surface area contributed by atoms with E-state index in [1.54, 1.807) is 16.8 Å². The summed E-state index contributed by atoms with van der Waals surface area (Å²) in [5, 5.41) is 7.48. The van der Waals surface area contributed by atoms with Crippen molar-refractivity contribution in [2.24, 2.45) is 5.92 Å². The first kappa shape index (κ1) is 17.2. The van der Waals surface area contributed by atoms with E-state index in [0.29, 0.717) is 28.9 Å². The van der Waals surface area contributed by atoms with Crippen LogP contribution in [0.1, 0.15) is 25.1 Å². The number of rotatable bonds is 5. The van der Waals surface area contributed by atoms with E-state index in [9.17, 15) is 9.18 Å². The van der Waals surface area contributed by atoms with E-state index in [2.05, 4.69) is 24.3 Å². The molecule has 122 valence electrons. The number of benzene rings is 1. The van der Waals surface area contributed by atoms with E-state index in [1.165, 1.54) is 24.3 Å². The Hall–Kier alpha value is -2.14. The van der Waals surface area contributed by atoms with E-state index in [0.717, 1.165) is 5.69 Å². The number of hydrogen-bond donors (Lipinski definition) is 1. The molecule has 1 heterocycles. The third-order valence-corrected chi connectivity index (χ3v) is 3.54. The van der Waals surface area contributed by atoms with Crippen LogP contribution in [0, 0.1) is 18.7 Å². The molecule has 2 rings (SSSR count). The van der Waals surface area contributed by atoms with E-state index in [1.807, 2.05) is 6.92 Å². The second-order valence-corrected chi connectivity index (χ2v) is 6.06. The molecule has 0 atom stereocenters. The number of anilines is 1. The van der Waals surface area contributed by atoms with Gasteiger partial charge in [0.25, 0.3) is 0 Å². The zero-order chi connectivity index (χ0) is 17.0. The van der Waals surface area contributed by atoms with E-state index < -0.39 is 5.82 Å². The number of aromatic nitrogens is 2. The Morgan fingerprint density at radius 2 is 2.22 bits per heavy atom. The van der Waals surface area contributed by atoms with Gasteiger partial charge in [-0.15, -0.1) is 0 Å². The Balaban J connectivity index is 2.10. The van der Waals surface area contributed by atoms with Gasteiger partial charge in [0.15, 0.2) is 0 Å². The highest BCUT2D eigenvalue weighted by Gasteiger charge is 2.12. The van der Waals surface area contributed by atoms with Gasteiger partial charge in [-0.25, -0.2) is 4.39 Å². The molecule has 6 heteroatoms. The Kier molecular flexibility index (Phi) is 5.55. The number of hydrogen-bond acceptors (Lipinski definition) is 2. The molecule has 1 aromatic carbocycles. The number of carbonyl (C=O) groups is 1. The van der Waals surface area contributed by atoms with Crippen molar-refractivity contribution < 1.29 is 9.18 Å². The molecule has 4 nitrogen and oxygen atoms in total. The molecule has 23 heavy (non-hydrogen) atoms. The minimum absolute atomic E-state index is 0.359. The summed E-state index contributed by atoms with van der Waals surface area (Å²) in [6.07, 6.45) is 2.98. The number of nitrogens with one attached hydrogen (secondary N) is 1. The summed E-state index contributed by atoms with van der Waals surface area (Å²) in [5.41, 5.74) is 1.87. The van der Waals surface area contributed by atoms with Crippen molar-refractivity contribution in [2.75, 3.05) is 5.32 Å². The van der Waals surface area contributed by atoms with Gasteiger partial charge in [-0.1, -0.05) is 31.5 Å². The minimum Gasteiger partial charge on any atom is -0.322 e. The highest BCUT2D eigenvalue weighted by Crippen LogP contribution is 2.22. The Morgan fingerprint density at radius 1 is 1.48 bits per heavy atom. The van der Waals surface area contributed by atoms with Crippen molar-refractivity contribution in [3.8, 4) is 0 Å². The second-order valence-electron chi connectivity index (χ2n) is 5.70. The maximum atomic E-state index is 13.1. The largest absolute Gasteiger partial charge is 0.322 e. The topological polar surface area (TPSA) is 46.9 Å². The second kappa shape index (κ2) is 7.42. The Labute approximate surface area is 140 Å². The molecular weight excluding hydrogens is 317 g/mol. The van der Waals surface area contributed by atoms with Gasteiger partial charge in [0.1, 0.15) is 11.0 Å². The van der Waals surface area contributed by atoms with Crippen LogP contribution in [0.2, 0.25) is 5.15 Å². The van der Waals surface area contributed by atoms with Gasteiger partial charge < -0.3 is 5.32 Å². The van der Waals surface area contributed by atoms with Crippen LogP contribution in [0.15, 0.2) is 30.3 Å². The first-order valence-electron chi connectivity index (χ1n) is 7.34. The molecule has 0 fully saturated rings. The van der Waals surface area contributed by atoms with Crippen molar-refractivity contribution in [1.82, 2.24) is 9.78 Å². The standard InChI is InChI=1S/C17H19ClFN3O/c1-11(2)10-22-17(18)15(12(3)21-22)7-8-16(23)20-14-6-4-5-13(19)9-14/h4-9,11H,10H2,1-3H3,(H,20,23)/b8-7+. The van der Waals surface area contributed by atoms with E-state index in [-0.39, 0.29) is 5.91 Å². The van der Waals surface area contributed by atoms with Crippen molar-refractivity contribution >= 4 is 29.3 Å².